The molecule has 2 amide bonds. The Morgan fingerprint density at radius 2 is 2.15 bits per heavy atom. The molecule has 1 unspecified atom stereocenters. The number of carbonyl (C=O) groups is 2. The maximum absolute atomic E-state index is 12.5. The van der Waals surface area contributed by atoms with Crippen LogP contribution in [0.5, 0.6) is 0 Å². The van der Waals surface area contributed by atoms with Gasteiger partial charge >= 0.3 is 0 Å². The van der Waals surface area contributed by atoms with Crippen molar-refractivity contribution in [1.82, 2.24) is 10.2 Å². The zero-order valence-electron chi connectivity index (χ0n) is 11.6. The molecule has 1 aliphatic rings. The number of piperidine rings is 1. The van der Waals surface area contributed by atoms with E-state index in [0.717, 1.165) is 29.4 Å². The number of nitrogens with one attached hydrogen (secondary N) is 1. The molecule has 4 nitrogen and oxygen atoms in total. The minimum Gasteiger partial charge on any atom is -0.315 e. The first-order chi connectivity index (χ1) is 9.59. The summed E-state index contributed by atoms with van der Waals surface area (Å²) in [5.41, 5.74) is 0.910. The Labute approximate surface area is 127 Å². The molecule has 1 aliphatic heterocycles. The lowest BCUT2D eigenvalue weighted by Gasteiger charge is -2.32. The first-order valence-electron chi connectivity index (χ1n) is 6.86. The number of imide groups is 1. The van der Waals surface area contributed by atoms with Crippen molar-refractivity contribution >= 4 is 27.7 Å². The van der Waals surface area contributed by atoms with E-state index in [4.69, 9.17) is 0 Å². The average Bonchev–Trinajstić information content (AvgIpc) is 2.42. The van der Waals surface area contributed by atoms with Crippen molar-refractivity contribution in [2.24, 2.45) is 0 Å². The molecule has 1 fully saturated rings. The number of halogens is 1. The predicted molar refractivity (Wildman–Crippen MR) is 81.3 cm³/mol. The Bertz CT molecular complexity index is 498. The zero-order chi connectivity index (χ0) is 14.5. The molecule has 0 aliphatic carbocycles. The standard InChI is InChI=1S/C15H19BrN2O2/c1-11(19)18(13-6-4-8-17-10-13)15(20)9-12-5-2-3-7-14(12)16/h2-3,5,7,13,17H,4,6,8-10H2,1H3. The van der Waals surface area contributed by atoms with Crippen LogP contribution in [0.1, 0.15) is 25.3 Å². The fourth-order valence-corrected chi connectivity index (χ4v) is 3.00. The van der Waals surface area contributed by atoms with Crippen LogP contribution in [0, 0.1) is 0 Å². The molecule has 0 aromatic heterocycles. The van der Waals surface area contributed by atoms with Gasteiger partial charge in [0.1, 0.15) is 0 Å². The number of hydrogen-bond donors (Lipinski definition) is 1. The molecule has 1 aromatic carbocycles. The largest absolute Gasteiger partial charge is 0.315 e. The van der Waals surface area contributed by atoms with Crippen LogP contribution in [0.25, 0.3) is 0 Å². The fraction of sp³-hybridized carbons (Fsp3) is 0.467. The summed E-state index contributed by atoms with van der Waals surface area (Å²) in [4.78, 5) is 25.7. The third-order valence-electron chi connectivity index (χ3n) is 3.54. The average molecular weight is 339 g/mol. The molecule has 0 bridgehead atoms. The van der Waals surface area contributed by atoms with Crippen LogP contribution in [-0.2, 0) is 16.0 Å². The van der Waals surface area contributed by atoms with E-state index >= 15 is 0 Å². The third kappa shape index (κ3) is 3.67. The Balaban J connectivity index is 2.11. The van der Waals surface area contributed by atoms with Gasteiger partial charge in [0, 0.05) is 17.9 Å². The number of nitrogens with zero attached hydrogens (tertiary/aromatic N) is 1. The summed E-state index contributed by atoms with van der Waals surface area (Å²) in [6, 6.07) is 7.60. The Morgan fingerprint density at radius 3 is 2.75 bits per heavy atom. The van der Waals surface area contributed by atoms with Crippen molar-refractivity contribution in [1.29, 1.82) is 0 Å². The van der Waals surface area contributed by atoms with Gasteiger partial charge in [0.2, 0.25) is 11.8 Å². The number of amides is 2. The van der Waals surface area contributed by atoms with Crippen molar-refractivity contribution in [2.75, 3.05) is 13.1 Å². The Kier molecular flexibility index (Phi) is 5.31. The molecule has 1 aromatic rings. The molecule has 1 atom stereocenters. The monoisotopic (exact) mass is 338 g/mol. The van der Waals surface area contributed by atoms with Crippen molar-refractivity contribution in [3.05, 3.63) is 34.3 Å². The summed E-state index contributed by atoms with van der Waals surface area (Å²) < 4.78 is 0.902. The van der Waals surface area contributed by atoms with Crippen LogP contribution in [0.15, 0.2) is 28.7 Å². The van der Waals surface area contributed by atoms with Gasteiger partial charge in [-0.1, -0.05) is 34.1 Å². The molecule has 0 saturated carbocycles. The first kappa shape index (κ1) is 15.2. The van der Waals surface area contributed by atoms with E-state index in [2.05, 4.69) is 21.2 Å². The van der Waals surface area contributed by atoms with Gasteiger partial charge in [-0.3, -0.25) is 14.5 Å². The lowest BCUT2D eigenvalue weighted by Crippen LogP contribution is -2.51. The minimum atomic E-state index is -0.171. The van der Waals surface area contributed by atoms with E-state index in [9.17, 15) is 9.59 Å². The number of rotatable bonds is 3. The highest BCUT2D eigenvalue weighted by molar-refractivity contribution is 9.10. The van der Waals surface area contributed by atoms with Gasteiger partial charge in [0.25, 0.3) is 0 Å². The maximum atomic E-state index is 12.5. The summed E-state index contributed by atoms with van der Waals surface area (Å²) in [6.07, 6.45) is 2.13. The summed E-state index contributed by atoms with van der Waals surface area (Å²) >= 11 is 3.44. The van der Waals surface area contributed by atoms with E-state index in [1.54, 1.807) is 0 Å². The molecule has 20 heavy (non-hydrogen) atoms. The molecule has 5 heteroatoms. The second kappa shape index (κ2) is 6.99. The second-order valence-corrected chi connectivity index (χ2v) is 5.91. The molecule has 108 valence electrons. The zero-order valence-corrected chi connectivity index (χ0v) is 13.1. The predicted octanol–water partition coefficient (Wildman–Crippen LogP) is 2.12. The first-order valence-corrected chi connectivity index (χ1v) is 7.65. The van der Waals surface area contributed by atoms with Crippen molar-refractivity contribution < 1.29 is 9.59 Å². The van der Waals surface area contributed by atoms with Gasteiger partial charge < -0.3 is 5.32 Å². The van der Waals surface area contributed by atoms with E-state index in [1.165, 1.54) is 11.8 Å². The number of benzene rings is 1. The lowest BCUT2D eigenvalue weighted by atomic mass is 10.0. The van der Waals surface area contributed by atoms with E-state index in [0.29, 0.717) is 6.54 Å². The van der Waals surface area contributed by atoms with Gasteiger partial charge in [-0.15, -0.1) is 0 Å². The van der Waals surface area contributed by atoms with Crippen LogP contribution in [0.2, 0.25) is 0 Å². The molecule has 1 heterocycles. The normalized spacial score (nSPS) is 18.6. The molecule has 2 rings (SSSR count). The highest BCUT2D eigenvalue weighted by Gasteiger charge is 2.28. The summed E-state index contributed by atoms with van der Waals surface area (Å²) in [5, 5.41) is 3.24. The molecule has 1 saturated heterocycles. The molecule has 0 radical (unpaired) electrons. The second-order valence-electron chi connectivity index (χ2n) is 5.05. The van der Waals surface area contributed by atoms with Gasteiger partial charge in [-0.05, 0) is 31.0 Å². The molecular weight excluding hydrogens is 320 g/mol. The van der Waals surface area contributed by atoms with Crippen molar-refractivity contribution in [3.8, 4) is 0 Å². The Hall–Kier alpha value is -1.20. The fourth-order valence-electron chi connectivity index (χ4n) is 2.58. The van der Waals surface area contributed by atoms with Crippen molar-refractivity contribution in [3.63, 3.8) is 0 Å². The van der Waals surface area contributed by atoms with Crippen LogP contribution < -0.4 is 5.32 Å². The highest BCUT2D eigenvalue weighted by atomic mass is 79.9. The lowest BCUT2D eigenvalue weighted by molar-refractivity contribution is -0.146. The smallest absolute Gasteiger partial charge is 0.233 e. The van der Waals surface area contributed by atoms with E-state index < -0.39 is 0 Å². The summed E-state index contributed by atoms with van der Waals surface area (Å²) in [7, 11) is 0. The SMILES string of the molecule is CC(=O)N(C(=O)Cc1ccccc1Br)C1CCCNC1. The Morgan fingerprint density at radius 1 is 1.40 bits per heavy atom. The third-order valence-corrected chi connectivity index (χ3v) is 4.32. The topological polar surface area (TPSA) is 49.4 Å². The van der Waals surface area contributed by atoms with Gasteiger partial charge in [0.05, 0.1) is 12.5 Å². The van der Waals surface area contributed by atoms with Crippen molar-refractivity contribution in [2.45, 2.75) is 32.2 Å². The molecule has 1 N–H and O–H groups in total. The van der Waals surface area contributed by atoms with Crippen LogP contribution >= 0.6 is 15.9 Å². The van der Waals surface area contributed by atoms with E-state index in [1.807, 2.05) is 24.3 Å². The molecule has 0 spiro atoms. The quantitative estimate of drug-likeness (QED) is 0.918. The summed E-state index contributed by atoms with van der Waals surface area (Å²) in [6.45, 7) is 3.12. The van der Waals surface area contributed by atoms with Gasteiger partial charge in [-0.25, -0.2) is 0 Å². The van der Waals surface area contributed by atoms with Gasteiger partial charge in [0.15, 0.2) is 0 Å². The number of carbonyl (C=O) groups excluding carboxylic acids is 2. The van der Waals surface area contributed by atoms with E-state index in [-0.39, 0.29) is 24.3 Å². The number of hydrogen-bond acceptors (Lipinski definition) is 3. The van der Waals surface area contributed by atoms with Gasteiger partial charge in [-0.2, -0.15) is 0 Å². The maximum Gasteiger partial charge on any atom is 0.233 e. The van der Waals surface area contributed by atoms with Crippen LogP contribution in [0.3, 0.4) is 0 Å². The minimum absolute atomic E-state index is 0.0174. The summed E-state index contributed by atoms with van der Waals surface area (Å²) in [5.74, 6) is -0.297. The molecular formula is C15H19BrN2O2. The van der Waals surface area contributed by atoms with Crippen LogP contribution in [-0.4, -0.2) is 35.8 Å². The van der Waals surface area contributed by atoms with Crippen LogP contribution in [0.4, 0.5) is 0 Å². The highest BCUT2D eigenvalue weighted by Crippen LogP contribution is 2.19.